The summed E-state index contributed by atoms with van der Waals surface area (Å²) in [5.41, 5.74) is 1.51. The number of hydrogen-bond donors (Lipinski definition) is 2. The van der Waals surface area contributed by atoms with Gasteiger partial charge in [-0.3, -0.25) is 9.78 Å². The molecule has 9 nitrogen and oxygen atoms in total. The third-order valence-corrected chi connectivity index (χ3v) is 7.55. The number of carbonyl (C=O) groups excluding carboxylic acids is 1. The maximum atomic E-state index is 12.6. The molecule has 0 spiro atoms. The Labute approximate surface area is 192 Å². The van der Waals surface area contributed by atoms with E-state index in [-0.39, 0.29) is 28.6 Å². The highest BCUT2D eigenvalue weighted by Gasteiger charge is 2.44. The standard InChI is InChI=1S/C20H15ClN6O3S2/c21-15-9-22-10-16-17(15)25-20(31-16)26-18(28)14-8-13(14)11-2-4-12(5-3-11)32(29,30)27-19-23-6-1-7-24-19/h1-7,9-10,13-14H,8H2,(H,23,24,27)(H,25,26,28). The molecule has 12 heteroatoms. The van der Waals surface area contributed by atoms with Crippen LogP contribution in [0.4, 0.5) is 11.1 Å². The Bertz CT molecular complexity index is 1410. The second-order valence-electron chi connectivity index (χ2n) is 7.17. The van der Waals surface area contributed by atoms with Gasteiger partial charge in [0.25, 0.3) is 10.0 Å². The van der Waals surface area contributed by atoms with Crippen molar-refractivity contribution in [1.29, 1.82) is 0 Å². The van der Waals surface area contributed by atoms with E-state index in [1.807, 2.05) is 0 Å². The summed E-state index contributed by atoms with van der Waals surface area (Å²) in [4.78, 5) is 28.9. The van der Waals surface area contributed by atoms with Crippen molar-refractivity contribution in [1.82, 2.24) is 19.9 Å². The first-order valence-corrected chi connectivity index (χ1v) is 12.2. The number of anilines is 2. The lowest BCUT2D eigenvalue weighted by molar-refractivity contribution is -0.117. The number of hydrogen-bond acceptors (Lipinski definition) is 8. The zero-order chi connectivity index (χ0) is 22.3. The molecule has 1 saturated carbocycles. The average Bonchev–Trinajstić information content (AvgIpc) is 3.48. The van der Waals surface area contributed by atoms with Crippen molar-refractivity contribution in [2.24, 2.45) is 5.92 Å². The van der Waals surface area contributed by atoms with E-state index in [0.717, 1.165) is 10.3 Å². The predicted molar refractivity (Wildman–Crippen MR) is 121 cm³/mol. The number of carbonyl (C=O) groups is 1. The van der Waals surface area contributed by atoms with E-state index < -0.39 is 10.0 Å². The van der Waals surface area contributed by atoms with Gasteiger partial charge in [-0.05, 0) is 36.1 Å². The lowest BCUT2D eigenvalue weighted by Crippen LogP contribution is -2.15. The van der Waals surface area contributed by atoms with E-state index in [9.17, 15) is 13.2 Å². The van der Waals surface area contributed by atoms with Crippen molar-refractivity contribution in [2.75, 3.05) is 10.0 Å². The molecule has 1 aromatic carbocycles. The molecule has 162 valence electrons. The van der Waals surface area contributed by atoms with Crippen LogP contribution in [0.3, 0.4) is 0 Å². The van der Waals surface area contributed by atoms with E-state index in [0.29, 0.717) is 22.1 Å². The number of nitrogens with zero attached hydrogens (tertiary/aromatic N) is 4. The quantitative estimate of drug-likeness (QED) is 0.425. The lowest BCUT2D eigenvalue weighted by atomic mass is 10.1. The largest absolute Gasteiger partial charge is 0.302 e. The molecule has 3 aromatic heterocycles. The minimum Gasteiger partial charge on any atom is -0.302 e. The van der Waals surface area contributed by atoms with Crippen molar-refractivity contribution < 1.29 is 13.2 Å². The molecule has 5 rings (SSSR count). The van der Waals surface area contributed by atoms with Gasteiger partial charge in [-0.2, -0.15) is 0 Å². The monoisotopic (exact) mass is 486 g/mol. The Morgan fingerprint density at radius 1 is 1.12 bits per heavy atom. The summed E-state index contributed by atoms with van der Waals surface area (Å²) in [5, 5.41) is 3.76. The molecule has 0 radical (unpaired) electrons. The lowest BCUT2D eigenvalue weighted by Gasteiger charge is -2.07. The van der Waals surface area contributed by atoms with Crippen LogP contribution in [-0.2, 0) is 14.8 Å². The minimum atomic E-state index is -3.80. The van der Waals surface area contributed by atoms with E-state index in [1.165, 1.54) is 42.1 Å². The number of halogens is 1. The Hall–Kier alpha value is -3.15. The van der Waals surface area contributed by atoms with Crippen molar-refractivity contribution in [3.05, 3.63) is 65.7 Å². The van der Waals surface area contributed by atoms with E-state index in [1.54, 1.807) is 24.4 Å². The Morgan fingerprint density at radius 3 is 2.59 bits per heavy atom. The number of aromatic nitrogens is 4. The van der Waals surface area contributed by atoms with Gasteiger partial charge in [-0.15, -0.1) is 0 Å². The number of fused-ring (bicyclic) bond motifs is 1. The second-order valence-corrected chi connectivity index (χ2v) is 10.3. The van der Waals surface area contributed by atoms with Gasteiger partial charge in [-0.1, -0.05) is 35.1 Å². The van der Waals surface area contributed by atoms with Crippen LogP contribution in [0.25, 0.3) is 10.2 Å². The van der Waals surface area contributed by atoms with Crippen LogP contribution in [0.15, 0.2) is 60.0 Å². The fourth-order valence-electron chi connectivity index (χ4n) is 3.35. The van der Waals surface area contributed by atoms with Crippen LogP contribution in [-0.4, -0.2) is 34.3 Å². The van der Waals surface area contributed by atoms with Crippen LogP contribution < -0.4 is 10.0 Å². The summed E-state index contributed by atoms with van der Waals surface area (Å²) in [6, 6.07) is 8.06. The number of amides is 1. The Balaban J connectivity index is 1.24. The average molecular weight is 487 g/mol. The first kappa shape index (κ1) is 20.7. The normalized spacial score (nSPS) is 17.8. The zero-order valence-corrected chi connectivity index (χ0v) is 18.7. The van der Waals surface area contributed by atoms with Crippen LogP contribution in [0.5, 0.6) is 0 Å². The van der Waals surface area contributed by atoms with Gasteiger partial charge in [0.15, 0.2) is 5.13 Å². The molecule has 1 aliphatic carbocycles. The summed E-state index contributed by atoms with van der Waals surface area (Å²) in [7, 11) is -3.80. The fourth-order valence-corrected chi connectivity index (χ4v) is 5.43. The summed E-state index contributed by atoms with van der Waals surface area (Å²) < 4.78 is 28.1. The van der Waals surface area contributed by atoms with E-state index in [4.69, 9.17) is 11.6 Å². The summed E-state index contributed by atoms with van der Waals surface area (Å²) in [5.74, 6) is -0.300. The van der Waals surface area contributed by atoms with Crippen molar-refractivity contribution in [2.45, 2.75) is 17.2 Å². The van der Waals surface area contributed by atoms with Gasteiger partial charge < -0.3 is 5.32 Å². The summed E-state index contributed by atoms with van der Waals surface area (Å²) in [6.07, 6.45) is 6.75. The highest BCUT2D eigenvalue weighted by molar-refractivity contribution is 7.92. The van der Waals surface area contributed by atoms with Crippen molar-refractivity contribution in [3.63, 3.8) is 0 Å². The molecule has 2 unspecified atom stereocenters. The minimum absolute atomic E-state index is 0.00224. The third-order valence-electron chi connectivity index (χ3n) is 5.03. The third kappa shape index (κ3) is 4.14. The predicted octanol–water partition coefficient (Wildman–Crippen LogP) is 3.68. The molecule has 1 aliphatic rings. The first-order valence-electron chi connectivity index (χ1n) is 9.51. The van der Waals surface area contributed by atoms with Crippen LogP contribution in [0.2, 0.25) is 5.02 Å². The van der Waals surface area contributed by atoms with Crippen LogP contribution in [0.1, 0.15) is 17.9 Å². The Morgan fingerprint density at radius 2 is 1.88 bits per heavy atom. The number of pyridine rings is 1. The highest BCUT2D eigenvalue weighted by atomic mass is 35.5. The highest BCUT2D eigenvalue weighted by Crippen LogP contribution is 2.48. The Kier molecular flexibility index (Phi) is 5.24. The maximum Gasteiger partial charge on any atom is 0.264 e. The van der Waals surface area contributed by atoms with E-state index in [2.05, 4.69) is 30.0 Å². The SMILES string of the molecule is O=C(Nc1nc2c(Cl)cncc2s1)C1CC1c1ccc(S(=O)(=O)Nc2ncccn2)cc1. The summed E-state index contributed by atoms with van der Waals surface area (Å²) >= 11 is 7.40. The molecule has 1 amide bonds. The topological polar surface area (TPSA) is 127 Å². The molecule has 1 fully saturated rings. The van der Waals surface area contributed by atoms with Crippen LogP contribution >= 0.6 is 22.9 Å². The molecule has 0 aliphatic heterocycles. The molecule has 2 N–H and O–H groups in total. The molecule has 3 heterocycles. The van der Waals surface area contributed by atoms with Gasteiger partial charge in [0.1, 0.15) is 5.52 Å². The first-order chi connectivity index (χ1) is 15.4. The zero-order valence-electron chi connectivity index (χ0n) is 16.3. The van der Waals surface area contributed by atoms with Gasteiger partial charge in [0.05, 0.1) is 14.6 Å². The number of thiazole rings is 1. The number of rotatable bonds is 6. The van der Waals surface area contributed by atoms with Crippen LogP contribution in [0, 0.1) is 5.92 Å². The van der Waals surface area contributed by atoms with E-state index >= 15 is 0 Å². The van der Waals surface area contributed by atoms with Gasteiger partial charge in [-0.25, -0.2) is 28.1 Å². The number of nitrogens with one attached hydrogen (secondary N) is 2. The number of benzene rings is 1. The van der Waals surface area contributed by atoms with Gasteiger partial charge in [0, 0.05) is 30.7 Å². The van der Waals surface area contributed by atoms with Crippen molar-refractivity contribution in [3.8, 4) is 0 Å². The molecule has 0 bridgehead atoms. The van der Waals surface area contributed by atoms with Gasteiger partial charge in [0.2, 0.25) is 11.9 Å². The molecule has 0 saturated heterocycles. The van der Waals surface area contributed by atoms with Gasteiger partial charge >= 0.3 is 0 Å². The molecule has 32 heavy (non-hydrogen) atoms. The summed E-state index contributed by atoms with van der Waals surface area (Å²) in [6.45, 7) is 0. The molecular weight excluding hydrogens is 472 g/mol. The molecule has 2 atom stereocenters. The maximum absolute atomic E-state index is 12.6. The number of sulfonamides is 1. The van der Waals surface area contributed by atoms with Crippen molar-refractivity contribution >= 4 is 60.2 Å². The smallest absolute Gasteiger partial charge is 0.264 e. The molecular formula is C20H15ClN6O3S2. The fraction of sp³-hybridized carbons (Fsp3) is 0.150. The molecule has 4 aromatic rings. The second kappa shape index (κ2) is 8.08.